The summed E-state index contributed by atoms with van der Waals surface area (Å²) in [5.74, 6) is -0.319. The Labute approximate surface area is 157 Å². The highest BCUT2D eigenvalue weighted by atomic mass is 16.6. The summed E-state index contributed by atoms with van der Waals surface area (Å²) in [5.41, 5.74) is 1.77. The number of hydrogen-bond donors (Lipinski definition) is 2. The minimum absolute atomic E-state index is 0.0281. The molecule has 6 nitrogen and oxygen atoms in total. The number of aliphatic hydroxyl groups is 2. The number of benzene rings is 2. The topological polar surface area (TPSA) is 73.2 Å². The predicted molar refractivity (Wildman–Crippen MR) is 98.6 cm³/mol. The molecule has 6 atom stereocenters. The van der Waals surface area contributed by atoms with Gasteiger partial charge in [-0.2, -0.15) is 0 Å². The van der Waals surface area contributed by atoms with E-state index in [4.69, 9.17) is 4.74 Å². The van der Waals surface area contributed by atoms with Gasteiger partial charge in [-0.3, -0.25) is 14.6 Å². The minimum Gasteiger partial charge on any atom is -0.394 e. The van der Waals surface area contributed by atoms with E-state index in [1.807, 2.05) is 60.7 Å². The van der Waals surface area contributed by atoms with Crippen LogP contribution < -0.4 is 4.90 Å². The van der Waals surface area contributed by atoms with Gasteiger partial charge >= 0.3 is 0 Å². The number of ether oxygens (including phenoxy) is 1. The Morgan fingerprint density at radius 3 is 2.41 bits per heavy atom. The normalized spacial score (nSPS) is 33.5. The second-order valence-electron chi connectivity index (χ2n) is 7.44. The van der Waals surface area contributed by atoms with Crippen molar-refractivity contribution in [3.05, 3.63) is 66.2 Å². The number of nitrogens with zero attached hydrogens (tertiary/aromatic N) is 2. The minimum atomic E-state index is -0.984. The van der Waals surface area contributed by atoms with Crippen LogP contribution in [-0.4, -0.2) is 52.7 Å². The van der Waals surface area contributed by atoms with Gasteiger partial charge in [0.15, 0.2) is 6.29 Å². The van der Waals surface area contributed by atoms with Crippen LogP contribution in [0.5, 0.6) is 0 Å². The lowest BCUT2D eigenvalue weighted by Crippen LogP contribution is -2.43. The van der Waals surface area contributed by atoms with Crippen molar-refractivity contribution in [2.45, 2.75) is 24.6 Å². The van der Waals surface area contributed by atoms with Crippen LogP contribution in [0.25, 0.3) is 0 Å². The Balaban J connectivity index is 1.49. The highest BCUT2D eigenvalue weighted by molar-refractivity contribution is 5.99. The molecule has 3 heterocycles. The molecule has 140 valence electrons. The fraction of sp³-hybridized carbons (Fsp3) is 0.381. The SMILES string of the molecule is O=C1[C@@H]2CN([C@@H](CO)c3ccccc3)[C@H]3[C@@H]2[C@H](O[C@@H]3O)N1c1ccccc1. The zero-order valence-electron chi connectivity index (χ0n) is 14.8. The number of rotatable bonds is 4. The van der Waals surface area contributed by atoms with Crippen LogP contribution in [-0.2, 0) is 9.53 Å². The van der Waals surface area contributed by atoms with Crippen molar-refractivity contribution >= 4 is 11.6 Å². The molecule has 0 radical (unpaired) electrons. The summed E-state index contributed by atoms with van der Waals surface area (Å²) in [5, 5.41) is 20.7. The third-order valence-electron chi connectivity index (χ3n) is 6.15. The molecule has 3 saturated heterocycles. The standard InChI is InChI=1S/C21H22N2O4/c24-12-16(13-7-3-1-4-8-13)22-11-15-17-18(22)21(26)27-20(17)23(19(15)25)14-9-5-2-6-10-14/h1-10,15-18,20-21,24,26H,11-12H2/t15-,16+,17-,18+,20+,21+/m1/s1. The summed E-state index contributed by atoms with van der Waals surface area (Å²) in [6.45, 7) is 0.433. The molecule has 0 bridgehead atoms. The summed E-state index contributed by atoms with van der Waals surface area (Å²) in [6, 6.07) is 18.6. The Morgan fingerprint density at radius 2 is 1.74 bits per heavy atom. The van der Waals surface area contributed by atoms with Gasteiger partial charge < -0.3 is 14.9 Å². The number of likely N-dealkylation sites (tertiary alicyclic amines) is 1. The molecule has 2 aromatic rings. The largest absolute Gasteiger partial charge is 0.394 e. The number of hydrogen-bond acceptors (Lipinski definition) is 5. The maximum absolute atomic E-state index is 13.2. The first-order valence-electron chi connectivity index (χ1n) is 9.34. The second kappa shape index (κ2) is 6.42. The number of carbonyl (C=O) groups excluding carboxylic acids is 1. The Kier molecular flexibility index (Phi) is 4.02. The molecule has 0 saturated carbocycles. The van der Waals surface area contributed by atoms with Crippen LogP contribution >= 0.6 is 0 Å². The summed E-state index contributed by atoms with van der Waals surface area (Å²) in [7, 11) is 0. The zero-order chi connectivity index (χ0) is 18.5. The molecule has 2 N–H and O–H groups in total. The van der Waals surface area contributed by atoms with E-state index < -0.39 is 12.5 Å². The fourth-order valence-corrected chi connectivity index (χ4v) is 5.02. The Morgan fingerprint density at radius 1 is 1.07 bits per heavy atom. The molecule has 1 amide bonds. The van der Waals surface area contributed by atoms with E-state index in [2.05, 4.69) is 4.90 Å². The summed E-state index contributed by atoms with van der Waals surface area (Å²) in [6.07, 6.45) is -1.45. The van der Waals surface area contributed by atoms with Gasteiger partial charge in [0.05, 0.1) is 24.6 Å². The van der Waals surface area contributed by atoms with Crippen molar-refractivity contribution in [3.8, 4) is 0 Å². The van der Waals surface area contributed by atoms with Gasteiger partial charge in [-0.25, -0.2) is 0 Å². The van der Waals surface area contributed by atoms with Gasteiger partial charge in [-0.05, 0) is 17.7 Å². The van der Waals surface area contributed by atoms with Crippen molar-refractivity contribution in [1.29, 1.82) is 0 Å². The lowest BCUT2D eigenvalue weighted by molar-refractivity contribution is -0.126. The average molecular weight is 366 g/mol. The van der Waals surface area contributed by atoms with Crippen molar-refractivity contribution < 1.29 is 19.7 Å². The molecule has 27 heavy (non-hydrogen) atoms. The number of carbonyl (C=O) groups is 1. The third kappa shape index (κ3) is 2.45. The average Bonchev–Trinajstić information content (AvgIpc) is 3.32. The van der Waals surface area contributed by atoms with Crippen molar-refractivity contribution in [1.82, 2.24) is 4.90 Å². The lowest BCUT2D eigenvalue weighted by Gasteiger charge is -2.32. The summed E-state index contributed by atoms with van der Waals surface area (Å²) in [4.78, 5) is 16.9. The maximum Gasteiger partial charge on any atom is 0.234 e. The molecular weight excluding hydrogens is 344 g/mol. The van der Waals surface area contributed by atoms with E-state index in [-0.39, 0.29) is 36.4 Å². The van der Waals surface area contributed by atoms with Crippen LogP contribution in [0.1, 0.15) is 11.6 Å². The van der Waals surface area contributed by atoms with E-state index in [1.54, 1.807) is 4.90 Å². The second-order valence-corrected chi connectivity index (χ2v) is 7.44. The molecule has 0 aliphatic carbocycles. The van der Waals surface area contributed by atoms with Crippen LogP contribution in [0.2, 0.25) is 0 Å². The van der Waals surface area contributed by atoms with E-state index >= 15 is 0 Å². The van der Waals surface area contributed by atoms with Crippen LogP contribution in [0.4, 0.5) is 5.69 Å². The molecule has 5 rings (SSSR count). The predicted octanol–water partition coefficient (Wildman–Crippen LogP) is 1.36. The first kappa shape index (κ1) is 16.9. The molecular formula is C21H22N2O4. The highest BCUT2D eigenvalue weighted by Crippen LogP contribution is 2.51. The number of para-hydroxylation sites is 1. The monoisotopic (exact) mass is 366 g/mol. The molecule has 0 unspecified atom stereocenters. The molecule has 3 fully saturated rings. The van der Waals surface area contributed by atoms with E-state index in [9.17, 15) is 15.0 Å². The molecule has 2 aromatic carbocycles. The van der Waals surface area contributed by atoms with Crippen molar-refractivity contribution in [3.63, 3.8) is 0 Å². The molecule has 0 aromatic heterocycles. The first-order chi connectivity index (χ1) is 13.2. The third-order valence-corrected chi connectivity index (χ3v) is 6.15. The smallest absolute Gasteiger partial charge is 0.234 e. The van der Waals surface area contributed by atoms with Gasteiger partial charge in [0.1, 0.15) is 6.23 Å². The maximum atomic E-state index is 13.2. The van der Waals surface area contributed by atoms with Crippen LogP contribution in [0.15, 0.2) is 60.7 Å². The molecule has 3 aliphatic rings. The van der Waals surface area contributed by atoms with E-state index in [0.29, 0.717) is 6.54 Å². The van der Waals surface area contributed by atoms with Crippen molar-refractivity contribution in [2.75, 3.05) is 18.1 Å². The van der Waals surface area contributed by atoms with Gasteiger partial charge in [0, 0.05) is 18.2 Å². The van der Waals surface area contributed by atoms with Gasteiger partial charge in [-0.15, -0.1) is 0 Å². The molecule has 6 heteroatoms. The van der Waals surface area contributed by atoms with Gasteiger partial charge in [-0.1, -0.05) is 48.5 Å². The molecule has 3 aliphatic heterocycles. The number of amides is 1. The van der Waals surface area contributed by atoms with E-state index in [0.717, 1.165) is 11.3 Å². The highest BCUT2D eigenvalue weighted by Gasteiger charge is 2.65. The first-order valence-corrected chi connectivity index (χ1v) is 9.34. The Hall–Kier alpha value is -2.25. The fourth-order valence-electron chi connectivity index (χ4n) is 5.02. The summed E-state index contributed by atoms with van der Waals surface area (Å²) >= 11 is 0. The van der Waals surface area contributed by atoms with Crippen molar-refractivity contribution in [2.24, 2.45) is 11.8 Å². The quantitative estimate of drug-likeness (QED) is 0.855. The Bertz CT molecular complexity index is 831. The lowest BCUT2D eigenvalue weighted by atomic mass is 9.94. The number of aliphatic hydroxyl groups excluding tert-OH is 2. The van der Waals surface area contributed by atoms with Gasteiger partial charge in [0.25, 0.3) is 0 Å². The van der Waals surface area contributed by atoms with E-state index in [1.165, 1.54) is 0 Å². The number of anilines is 1. The van der Waals surface area contributed by atoms with Crippen LogP contribution in [0.3, 0.4) is 0 Å². The molecule has 0 spiro atoms. The zero-order valence-corrected chi connectivity index (χ0v) is 14.8. The van der Waals surface area contributed by atoms with Crippen LogP contribution in [0, 0.1) is 11.8 Å². The van der Waals surface area contributed by atoms with Gasteiger partial charge in [0.2, 0.25) is 5.91 Å². The summed E-state index contributed by atoms with van der Waals surface area (Å²) < 4.78 is 5.85.